The molecule has 2 saturated heterocycles. The van der Waals surface area contributed by atoms with Gasteiger partial charge in [-0.05, 0) is 31.9 Å². The van der Waals surface area contributed by atoms with Gasteiger partial charge in [-0.1, -0.05) is 0 Å². The highest BCUT2D eigenvalue weighted by molar-refractivity contribution is 5.90. The van der Waals surface area contributed by atoms with Crippen molar-refractivity contribution in [3.05, 3.63) is 48.7 Å². The summed E-state index contributed by atoms with van der Waals surface area (Å²) >= 11 is 0. The summed E-state index contributed by atoms with van der Waals surface area (Å²) < 4.78 is 3.36. The van der Waals surface area contributed by atoms with Gasteiger partial charge in [-0.25, -0.2) is 19.3 Å². The number of amides is 2. The third-order valence-electron chi connectivity index (χ3n) is 7.86. The predicted octanol–water partition coefficient (Wildman–Crippen LogP) is 2.24. The average Bonchev–Trinajstić information content (AvgIpc) is 3.70. The van der Waals surface area contributed by atoms with E-state index in [0.717, 1.165) is 16.9 Å². The highest BCUT2D eigenvalue weighted by Crippen LogP contribution is 2.32. The third-order valence-corrected chi connectivity index (χ3v) is 7.86. The minimum absolute atomic E-state index is 0.131. The average molecular weight is 541 g/mol. The van der Waals surface area contributed by atoms with E-state index in [9.17, 15) is 20.0 Å². The van der Waals surface area contributed by atoms with Crippen molar-refractivity contribution in [2.45, 2.75) is 25.3 Å². The number of carboxylic acid groups (broad SMARTS) is 1. The summed E-state index contributed by atoms with van der Waals surface area (Å²) in [6, 6.07) is 6.03. The van der Waals surface area contributed by atoms with Gasteiger partial charge in [-0.15, -0.1) is 0 Å². The summed E-state index contributed by atoms with van der Waals surface area (Å²) in [4.78, 5) is 39.7. The Kier molecular flexibility index (Phi) is 6.10. The fourth-order valence-corrected chi connectivity index (χ4v) is 5.67. The number of hydrogen-bond donors (Lipinski definition) is 1. The standard InChI is InChI=1S/C27H28N10O3/c1-27(6-3-7-36(27)26(39)40)25(38)35-10-8-34(9-11-35)22-5-4-18(13-29-22)23-24-19(12-28)14-31-37(24)17-21(32-23)20-15-30-33(2)16-20/h4-5,13-17H,3,6-11H2,1-2H3,(H,39,40)/t27-/m0/s1. The van der Waals surface area contributed by atoms with Gasteiger partial charge in [0.25, 0.3) is 0 Å². The van der Waals surface area contributed by atoms with Crippen molar-refractivity contribution >= 4 is 23.3 Å². The summed E-state index contributed by atoms with van der Waals surface area (Å²) in [6.07, 6.45) is 8.81. The number of nitriles is 1. The molecule has 1 N–H and O–H groups in total. The van der Waals surface area contributed by atoms with Crippen LogP contribution in [0, 0.1) is 11.3 Å². The number of anilines is 1. The Morgan fingerprint density at radius 1 is 1.02 bits per heavy atom. The summed E-state index contributed by atoms with van der Waals surface area (Å²) in [5, 5.41) is 27.8. The smallest absolute Gasteiger partial charge is 0.408 e. The van der Waals surface area contributed by atoms with Crippen molar-refractivity contribution in [2.24, 2.45) is 7.05 Å². The Labute approximate surface area is 229 Å². The lowest BCUT2D eigenvalue weighted by molar-refractivity contribution is -0.141. The van der Waals surface area contributed by atoms with Crippen LogP contribution in [-0.2, 0) is 11.8 Å². The Hall–Kier alpha value is -4.99. The van der Waals surface area contributed by atoms with Crippen LogP contribution in [0.5, 0.6) is 0 Å². The Bertz CT molecular complexity index is 1650. The zero-order valence-corrected chi connectivity index (χ0v) is 22.2. The molecule has 4 aromatic rings. The number of likely N-dealkylation sites (tertiary alicyclic amines) is 1. The summed E-state index contributed by atoms with van der Waals surface area (Å²) in [5.41, 5.74) is 2.85. The van der Waals surface area contributed by atoms with E-state index < -0.39 is 11.6 Å². The van der Waals surface area contributed by atoms with E-state index in [2.05, 4.69) is 21.2 Å². The summed E-state index contributed by atoms with van der Waals surface area (Å²) in [6.45, 7) is 4.26. The molecule has 13 nitrogen and oxygen atoms in total. The van der Waals surface area contributed by atoms with Crippen LogP contribution in [-0.4, -0.2) is 94.5 Å². The zero-order chi connectivity index (χ0) is 28.0. The maximum Gasteiger partial charge on any atom is 0.408 e. The minimum Gasteiger partial charge on any atom is -0.465 e. The fraction of sp³-hybridized carbons (Fsp3) is 0.370. The van der Waals surface area contributed by atoms with Crippen LogP contribution in [0.4, 0.5) is 10.6 Å². The monoisotopic (exact) mass is 540 g/mol. The SMILES string of the molecule is Cn1cc(-c2cn3ncc(C#N)c3c(-c3ccc(N4CCN(C(=O)[C@]5(C)CCCN5C(=O)O)CC4)nc3)n2)cn1. The van der Waals surface area contributed by atoms with Gasteiger partial charge in [0.2, 0.25) is 5.91 Å². The fourth-order valence-electron chi connectivity index (χ4n) is 5.67. The van der Waals surface area contributed by atoms with Crippen LogP contribution in [0.15, 0.2) is 43.1 Å². The first-order valence-electron chi connectivity index (χ1n) is 13.1. The molecule has 6 rings (SSSR count). The number of hydrogen-bond acceptors (Lipinski definition) is 8. The summed E-state index contributed by atoms with van der Waals surface area (Å²) in [7, 11) is 1.84. The molecule has 0 unspecified atom stereocenters. The van der Waals surface area contributed by atoms with E-state index in [1.165, 1.54) is 11.1 Å². The molecule has 6 heterocycles. The van der Waals surface area contributed by atoms with E-state index in [1.807, 2.05) is 25.4 Å². The van der Waals surface area contributed by atoms with E-state index in [4.69, 9.17) is 9.97 Å². The molecule has 0 aromatic carbocycles. The minimum atomic E-state index is -1.05. The van der Waals surface area contributed by atoms with Gasteiger partial charge in [0.05, 0.1) is 30.0 Å². The van der Waals surface area contributed by atoms with Gasteiger partial charge < -0.3 is 14.9 Å². The normalized spacial score (nSPS) is 19.3. The second-order valence-electron chi connectivity index (χ2n) is 10.3. The topological polar surface area (TPSA) is 149 Å². The second-order valence-corrected chi connectivity index (χ2v) is 10.3. The first kappa shape index (κ1) is 25.3. The number of aryl methyl sites for hydroxylation is 1. The van der Waals surface area contributed by atoms with Crippen LogP contribution >= 0.6 is 0 Å². The molecule has 0 spiro atoms. The quantitative estimate of drug-likeness (QED) is 0.411. The molecule has 0 saturated carbocycles. The lowest BCUT2D eigenvalue weighted by Gasteiger charge is -2.41. The van der Waals surface area contributed by atoms with Gasteiger partial charge in [-0.3, -0.25) is 14.4 Å². The Balaban J connectivity index is 1.22. The van der Waals surface area contributed by atoms with Crippen LogP contribution in [0.3, 0.4) is 0 Å². The number of aromatic nitrogens is 6. The van der Waals surface area contributed by atoms with E-state index in [1.54, 1.807) is 39.6 Å². The molecule has 0 aliphatic carbocycles. The molecular weight excluding hydrogens is 512 g/mol. The first-order valence-corrected chi connectivity index (χ1v) is 13.1. The molecule has 40 heavy (non-hydrogen) atoms. The van der Waals surface area contributed by atoms with E-state index in [-0.39, 0.29) is 5.91 Å². The maximum absolute atomic E-state index is 13.3. The number of piperazine rings is 1. The zero-order valence-electron chi connectivity index (χ0n) is 22.2. The molecule has 2 amide bonds. The van der Waals surface area contributed by atoms with Crippen LogP contribution in [0.25, 0.3) is 28.0 Å². The molecule has 204 valence electrons. The molecular formula is C27H28N10O3. The highest BCUT2D eigenvalue weighted by Gasteiger charge is 2.48. The number of carbonyl (C=O) groups is 2. The Morgan fingerprint density at radius 2 is 1.82 bits per heavy atom. The summed E-state index contributed by atoms with van der Waals surface area (Å²) in [5.74, 6) is 0.636. The lowest BCUT2D eigenvalue weighted by Crippen LogP contribution is -2.60. The van der Waals surface area contributed by atoms with Crippen molar-refractivity contribution in [2.75, 3.05) is 37.6 Å². The van der Waals surface area contributed by atoms with Crippen LogP contribution in [0.2, 0.25) is 0 Å². The van der Waals surface area contributed by atoms with Crippen molar-refractivity contribution in [3.8, 4) is 28.6 Å². The molecule has 13 heteroatoms. The van der Waals surface area contributed by atoms with Crippen molar-refractivity contribution in [3.63, 3.8) is 0 Å². The molecule has 4 aromatic heterocycles. The van der Waals surface area contributed by atoms with Crippen molar-refractivity contribution in [1.82, 2.24) is 39.2 Å². The van der Waals surface area contributed by atoms with Crippen LogP contribution in [0.1, 0.15) is 25.3 Å². The molecule has 1 atom stereocenters. The molecule has 0 bridgehead atoms. The maximum atomic E-state index is 13.3. The van der Waals surface area contributed by atoms with Crippen molar-refractivity contribution in [1.29, 1.82) is 5.26 Å². The number of nitrogens with zero attached hydrogens (tertiary/aromatic N) is 10. The molecule has 2 fully saturated rings. The van der Waals surface area contributed by atoms with Crippen LogP contribution < -0.4 is 4.90 Å². The third kappa shape index (κ3) is 4.17. The Morgan fingerprint density at radius 3 is 2.48 bits per heavy atom. The second kappa shape index (κ2) is 9.64. The highest BCUT2D eigenvalue weighted by atomic mass is 16.4. The first-order chi connectivity index (χ1) is 19.3. The van der Waals surface area contributed by atoms with Gasteiger partial charge in [0.1, 0.15) is 28.5 Å². The van der Waals surface area contributed by atoms with E-state index in [0.29, 0.717) is 68.0 Å². The van der Waals surface area contributed by atoms with Gasteiger partial charge >= 0.3 is 6.09 Å². The number of fused-ring (bicyclic) bond motifs is 1. The molecule has 0 radical (unpaired) electrons. The molecule has 2 aliphatic heterocycles. The number of carbonyl (C=O) groups excluding carboxylic acids is 1. The van der Waals surface area contributed by atoms with Gasteiger partial charge in [0, 0.05) is 63.3 Å². The largest absolute Gasteiger partial charge is 0.465 e. The van der Waals surface area contributed by atoms with Gasteiger partial charge in [0.15, 0.2) is 0 Å². The molecule has 2 aliphatic rings. The lowest BCUT2D eigenvalue weighted by atomic mass is 9.96. The van der Waals surface area contributed by atoms with E-state index >= 15 is 0 Å². The van der Waals surface area contributed by atoms with Gasteiger partial charge in [-0.2, -0.15) is 15.5 Å². The number of pyridine rings is 1. The van der Waals surface area contributed by atoms with Crippen molar-refractivity contribution < 1.29 is 14.7 Å². The number of rotatable bonds is 4. The predicted molar refractivity (Wildman–Crippen MR) is 144 cm³/mol.